The predicted octanol–water partition coefficient (Wildman–Crippen LogP) is 0.832. The summed E-state index contributed by atoms with van der Waals surface area (Å²) in [6.45, 7) is -0.151. The number of rotatable bonds is 3. The van der Waals surface area contributed by atoms with Crippen LogP contribution in [0, 0.1) is 0 Å². The van der Waals surface area contributed by atoms with E-state index < -0.39 is 12.2 Å². The average Bonchev–Trinajstić information content (AvgIpc) is 2.97. The fraction of sp³-hybridized carbons (Fsp3) is 0.667. The summed E-state index contributed by atoms with van der Waals surface area (Å²) >= 11 is 0. The molecule has 1 saturated heterocycles. The molecule has 0 unspecified atom stereocenters. The second kappa shape index (κ2) is 4.35. The molecule has 6 heteroatoms. The molecule has 0 spiro atoms. The highest BCUT2D eigenvalue weighted by Gasteiger charge is 2.36. The first-order valence-corrected chi connectivity index (χ1v) is 6.30. The van der Waals surface area contributed by atoms with E-state index in [0.29, 0.717) is 11.6 Å². The van der Waals surface area contributed by atoms with Crippen LogP contribution in [0.25, 0.3) is 0 Å². The minimum atomic E-state index is -1.05. The number of nitrogens with one attached hydrogen (secondary N) is 1. The third-order valence-electron chi connectivity index (χ3n) is 3.67. The monoisotopic (exact) mass is 253 g/mol. The Bertz CT molecular complexity index is 458. The van der Waals surface area contributed by atoms with E-state index in [1.165, 1.54) is 4.90 Å². The first-order chi connectivity index (χ1) is 8.69. The molecule has 3 rings (SSSR count). The van der Waals surface area contributed by atoms with Gasteiger partial charge in [-0.15, -0.1) is 0 Å². The number of halogens is 1. The second-order valence-electron chi connectivity index (χ2n) is 5.11. The number of H-pyrrole nitrogens is 1. The van der Waals surface area contributed by atoms with Crippen molar-refractivity contribution < 1.29 is 14.3 Å². The summed E-state index contributed by atoms with van der Waals surface area (Å²) < 4.78 is 13.3. The number of carbonyl (C=O) groups excluding carboxylic acids is 1. The van der Waals surface area contributed by atoms with E-state index >= 15 is 0 Å². The largest absolute Gasteiger partial charge is 0.394 e. The van der Waals surface area contributed by atoms with E-state index in [4.69, 9.17) is 5.11 Å². The van der Waals surface area contributed by atoms with Crippen molar-refractivity contribution >= 4 is 5.91 Å². The van der Waals surface area contributed by atoms with Gasteiger partial charge >= 0.3 is 0 Å². The van der Waals surface area contributed by atoms with Gasteiger partial charge in [0.25, 0.3) is 5.91 Å². The van der Waals surface area contributed by atoms with Crippen LogP contribution in [0.4, 0.5) is 4.39 Å². The Morgan fingerprint density at radius 1 is 1.61 bits per heavy atom. The van der Waals surface area contributed by atoms with Crippen LogP contribution in [0.15, 0.2) is 6.07 Å². The van der Waals surface area contributed by atoms with E-state index in [2.05, 4.69) is 10.2 Å². The standard InChI is InChI=1S/C12H16FN3O2/c13-8-3-9(6-17)16(5-8)12(18)11-4-10(14-15-11)7-1-2-7/h4,7-9,17H,1-3,5-6H2,(H,14,15)/t8-,9-/m0/s1. The summed E-state index contributed by atoms with van der Waals surface area (Å²) in [6.07, 6.45) is 1.42. The van der Waals surface area contributed by atoms with Crippen molar-refractivity contribution in [1.82, 2.24) is 15.1 Å². The molecule has 2 aliphatic rings. The Morgan fingerprint density at radius 2 is 2.39 bits per heavy atom. The number of hydrogen-bond acceptors (Lipinski definition) is 3. The van der Waals surface area contributed by atoms with E-state index in [1.54, 1.807) is 6.07 Å². The van der Waals surface area contributed by atoms with E-state index in [9.17, 15) is 9.18 Å². The fourth-order valence-electron chi connectivity index (χ4n) is 2.48. The van der Waals surface area contributed by atoms with Gasteiger partial charge in [-0.25, -0.2) is 4.39 Å². The van der Waals surface area contributed by atoms with Crippen LogP contribution in [-0.4, -0.2) is 51.5 Å². The number of alkyl halides is 1. The maximum atomic E-state index is 13.3. The number of amides is 1. The normalized spacial score (nSPS) is 27.8. The maximum Gasteiger partial charge on any atom is 0.274 e. The van der Waals surface area contributed by atoms with Crippen molar-refractivity contribution in [1.29, 1.82) is 0 Å². The molecule has 5 nitrogen and oxygen atoms in total. The van der Waals surface area contributed by atoms with Gasteiger partial charge in [-0.1, -0.05) is 0 Å². The summed E-state index contributed by atoms with van der Waals surface area (Å²) in [6, 6.07) is 1.33. The number of aromatic amines is 1. The molecule has 0 aromatic carbocycles. The molecular formula is C12H16FN3O2. The van der Waals surface area contributed by atoms with Gasteiger partial charge in [0.05, 0.1) is 19.2 Å². The lowest BCUT2D eigenvalue weighted by molar-refractivity contribution is 0.0667. The molecule has 1 aliphatic heterocycles. The Kier molecular flexibility index (Phi) is 2.81. The molecule has 1 amide bonds. The van der Waals surface area contributed by atoms with Crippen LogP contribution in [0.2, 0.25) is 0 Å². The van der Waals surface area contributed by atoms with Gasteiger partial charge < -0.3 is 10.0 Å². The van der Waals surface area contributed by atoms with Crippen molar-refractivity contribution in [3.05, 3.63) is 17.5 Å². The Morgan fingerprint density at radius 3 is 3.06 bits per heavy atom. The third kappa shape index (κ3) is 2.01. The van der Waals surface area contributed by atoms with Crippen molar-refractivity contribution in [3.63, 3.8) is 0 Å². The van der Waals surface area contributed by atoms with Crippen LogP contribution in [0.1, 0.15) is 41.4 Å². The molecular weight excluding hydrogens is 237 g/mol. The summed E-state index contributed by atoms with van der Waals surface area (Å²) in [5.41, 5.74) is 1.30. The quantitative estimate of drug-likeness (QED) is 0.838. The van der Waals surface area contributed by atoms with Crippen LogP contribution < -0.4 is 0 Å². The van der Waals surface area contributed by atoms with E-state index in [1.807, 2.05) is 0 Å². The van der Waals surface area contributed by atoms with Gasteiger partial charge in [-0.2, -0.15) is 5.10 Å². The van der Waals surface area contributed by atoms with Gasteiger partial charge in [0.1, 0.15) is 11.9 Å². The van der Waals surface area contributed by atoms with Crippen molar-refractivity contribution in [2.45, 2.75) is 37.4 Å². The molecule has 1 aromatic heterocycles. The van der Waals surface area contributed by atoms with Crippen LogP contribution in [-0.2, 0) is 0 Å². The highest BCUT2D eigenvalue weighted by Crippen LogP contribution is 2.39. The number of aliphatic hydroxyl groups is 1. The molecule has 1 aliphatic carbocycles. The zero-order valence-electron chi connectivity index (χ0n) is 9.97. The minimum absolute atomic E-state index is 0.0513. The number of likely N-dealkylation sites (tertiary alicyclic amines) is 1. The highest BCUT2D eigenvalue weighted by molar-refractivity contribution is 5.93. The molecule has 2 atom stereocenters. The summed E-state index contributed by atoms with van der Waals surface area (Å²) in [7, 11) is 0. The van der Waals surface area contributed by atoms with Crippen molar-refractivity contribution in [2.75, 3.05) is 13.2 Å². The highest BCUT2D eigenvalue weighted by atomic mass is 19.1. The number of hydrogen-bond donors (Lipinski definition) is 2. The minimum Gasteiger partial charge on any atom is -0.394 e. The third-order valence-corrected chi connectivity index (χ3v) is 3.67. The van der Waals surface area contributed by atoms with Crippen LogP contribution in [0.3, 0.4) is 0 Å². The van der Waals surface area contributed by atoms with Crippen molar-refractivity contribution in [3.8, 4) is 0 Å². The summed E-state index contributed by atoms with van der Waals surface area (Å²) in [5, 5.41) is 16.0. The van der Waals surface area contributed by atoms with Crippen molar-refractivity contribution in [2.24, 2.45) is 0 Å². The summed E-state index contributed by atoms with van der Waals surface area (Å²) in [4.78, 5) is 13.6. The van der Waals surface area contributed by atoms with E-state index in [-0.39, 0.29) is 25.5 Å². The molecule has 2 fully saturated rings. The van der Waals surface area contributed by atoms with Gasteiger partial charge in [0.15, 0.2) is 0 Å². The molecule has 2 N–H and O–H groups in total. The van der Waals surface area contributed by atoms with Crippen LogP contribution in [0.5, 0.6) is 0 Å². The lowest BCUT2D eigenvalue weighted by Gasteiger charge is -2.21. The number of aromatic nitrogens is 2. The first kappa shape index (κ1) is 11.6. The molecule has 0 radical (unpaired) electrons. The van der Waals surface area contributed by atoms with Gasteiger partial charge in [-0.05, 0) is 18.9 Å². The molecule has 18 heavy (non-hydrogen) atoms. The zero-order chi connectivity index (χ0) is 12.7. The molecule has 1 aromatic rings. The number of carbonyl (C=O) groups is 1. The van der Waals surface area contributed by atoms with Gasteiger partial charge in [0.2, 0.25) is 0 Å². The molecule has 1 saturated carbocycles. The van der Waals surface area contributed by atoms with Gasteiger partial charge in [-0.3, -0.25) is 9.89 Å². The fourth-order valence-corrected chi connectivity index (χ4v) is 2.48. The Labute approximate surface area is 104 Å². The Hall–Kier alpha value is -1.43. The average molecular weight is 253 g/mol. The van der Waals surface area contributed by atoms with E-state index in [0.717, 1.165) is 18.5 Å². The summed E-state index contributed by atoms with van der Waals surface area (Å²) in [5.74, 6) is 0.206. The van der Waals surface area contributed by atoms with Gasteiger partial charge in [0, 0.05) is 18.0 Å². The number of nitrogens with zero attached hydrogens (tertiary/aromatic N) is 2. The SMILES string of the molecule is O=C(c1cc(C2CC2)[nH]n1)N1C[C@@H](F)C[C@H]1CO. The molecule has 98 valence electrons. The second-order valence-corrected chi connectivity index (χ2v) is 5.11. The lowest BCUT2D eigenvalue weighted by Crippen LogP contribution is -2.38. The smallest absolute Gasteiger partial charge is 0.274 e. The zero-order valence-corrected chi connectivity index (χ0v) is 9.97. The lowest BCUT2D eigenvalue weighted by atomic mass is 10.2. The molecule has 2 heterocycles. The first-order valence-electron chi connectivity index (χ1n) is 6.30. The van der Waals surface area contributed by atoms with Crippen LogP contribution >= 0.6 is 0 Å². The Balaban J connectivity index is 1.76. The number of aliphatic hydroxyl groups excluding tert-OH is 1. The molecule has 0 bridgehead atoms. The predicted molar refractivity (Wildman–Crippen MR) is 62.0 cm³/mol. The maximum absolute atomic E-state index is 13.3. The topological polar surface area (TPSA) is 69.2 Å².